The van der Waals surface area contributed by atoms with Crippen molar-refractivity contribution >= 4 is 15.7 Å². The number of pyridine rings is 1. The van der Waals surface area contributed by atoms with Crippen LogP contribution in [0.4, 0.5) is 5.69 Å². The topological polar surface area (TPSA) is 71.1 Å². The third-order valence-electron chi connectivity index (χ3n) is 2.86. The number of hydrogen-bond donors (Lipinski definition) is 2. The lowest BCUT2D eigenvalue weighted by atomic mass is 10.2. The quantitative estimate of drug-likeness (QED) is 0.841. The van der Waals surface area contributed by atoms with Crippen molar-refractivity contribution in [3.63, 3.8) is 0 Å². The summed E-state index contributed by atoms with van der Waals surface area (Å²) in [6.07, 6.45) is 3.16. The van der Waals surface area contributed by atoms with Gasteiger partial charge in [-0.05, 0) is 38.4 Å². The Morgan fingerprint density at radius 2 is 2.29 bits per heavy atom. The molecule has 2 N–H and O–H groups in total. The number of aromatic nitrogens is 1. The maximum absolute atomic E-state index is 12.1. The average molecular weight is 255 g/mol. The molecule has 94 valence electrons. The summed E-state index contributed by atoms with van der Waals surface area (Å²) in [4.78, 5) is 4.07. The van der Waals surface area contributed by atoms with Crippen LogP contribution in [-0.4, -0.2) is 31.7 Å². The maximum atomic E-state index is 12.1. The molecular weight excluding hydrogens is 238 g/mol. The van der Waals surface area contributed by atoms with Crippen LogP contribution in [-0.2, 0) is 10.0 Å². The largest absolute Gasteiger partial charge is 0.315 e. The first kappa shape index (κ1) is 12.3. The van der Waals surface area contributed by atoms with E-state index >= 15 is 0 Å². The van der Waals surface area contributed by atoms with E-state index in [1.165, 1.54) is 0 Å². The molecule has 0 amide bonds. The van der Waals surface area contributed by atoms with Gasteiger partial charge in [0.25, 0.3) is 0 Å². The second kappa shape index (κ2) is 5.01. The lowest BCUT2D eigenvalue weighted by molar-refractivity contribution is 0.499. The van der Waals surface area contributed by atoms with E-state index in [4.69, 9.17) is 0 Å². The van der Waals surface area contributed by atoms with Gasteiger partial charge in [0, 0.05) is 12.2 Å². The van der Waals surface area contributed by atoms with Crippen LogP contribution in [0.2, 0.25) is 0 Å². The normalized spacial score (nSPS) is 21.1. The van der Waals surface area contributed by atoms with Gasteiger partial charge in [-0.25, -0.2) is 8.42 Å². The van der Waals surface area contributed by atoms with E-state index in [-0.39, 0.29) is 5.25 Å². The molecule has 2 rings (SSSR count). The van der Waals surface area contributed by atoms with Crippen molar-refractivity contribution in [2.24, 2.45) is 0 Å². The van der Waals surface area contributed by atoms with Crippen LogP contribution in [0.1, 0.15) is 18.5 Å². The Morgan fingerprint density at radius 1 is 1.47 bits per heavy atom. The van der Waals surface area contributed by atoms with Crippen LogP contribution in [0.15, 0.2) is 18.3 Å². The first-order valence-corrected chi connectivity index (χ1v) is 7.27. The highest BCUT2D eigenvalue weighted by Gasteiger charge is 2.26. The van der Waals surface area contributed by atoms with E-state index < -0.39 is 10.0 Å². The molecule has 5 nitrogen and oxygen atoms in total. The molecule has 0 aromatic carbocycles. The molecule has 0 bridgehead atoms. The standard InChI is InChI=1S/C11H17N3O2S/c1-9-4-5-10(7-13-9)14-17(15,16)11-3-2-6-12-8-11/h4-5,7,11-12,14H,2-3,6,8H2,1H3. The number of anilines is 1. The van der Waals surface area contributed by atoms with E-state index in [0.717, 1.165) is 18.7 Å². The molecule has 0 saturated carbocycles. The number of aryl methyl sites for hydroxylation is 1. The zero-order valence-corrected chi connectivity index (χ0v) is 10.6. The average Bonchev–Trinajstić information content (AvgIpc) is 2.33. The van der Waals surface area contributed by atoms with Gasteiger partial charge >= 0.3 is 0 Å². The van der Waals surface area contributed by atoms with E-state index in [1.54, 1.807) is 18.3 Å². The molecule has 17 heavy (non-hydrogen) atoms. The second-order valence-corrected chi connectivity index (χ2v) is 6.26. The second-order valence-electron chi connectivity index (χ2n) is 4.30. The number of hydrogen-bond acceptors (Lipinski definition) is 4. The monoisotopic (exact) mass is 255 g/mol. The lowest BCUT2D eigenvalue weighted by Crippen LogP contribution is -2.41. The summed E-state index contributed by atoms with van der Waals surface area (Å²) in [6, 6.07) is 3.52. The molecule has 1 aromatic rings. The lowest BCUT2D eigenvalue weighted by Gasteiger charge is -2.23. The van der Waals surface area contributed by atoms with Crippen molar-refractivity contribution < 1.29 is 8.42 Å². The minimum Gasteiger partial charge on any atom is -0.315 e. The first-order valence-electron chi connectivity index (χ1n) is 5.73. The zero-order valence-electron chi connectivity index (χ0n) is 9.81. The highest BCUT2D eigenvalue weighted by molar-refractivity contribution is 7.93. The van der Waals surface area contributed by atoms with E-state index in [1.807, 2.05) is 6.92 Å². The van der Waals surface area contributed by atoms with Gasteiger partial charge in [0.05, 0.1) is 17.1 Å². The molecule has 1 fully saturated rings. The third-order valence-corrected chi connectivity index (χ3v) is 4.66. The molecular formula is C11H17N3O2S. The zero-order chi connectivity index (χ0) is 12.3. The smallest absolute Gasteiger partial charge is 0.236 e. The number of piperidine rings is 1. The number of sulfonamides is 1. The van der Waals surface area contributed by atoms with Crippen LogP contribution in [0.3, 0.4) is 0 Å². The number of nitrogens with one attached hydrogen (secondary N) is 2. The van der Waals surface area contributed by atoms with Crippen molar-refractivity contribution in [2.45, 2.75) is 25.0 Å². The summed E-state index contributed by atoms with van der Waals surface area (Å²) in [5.41, 5.74) is 1.40. The summed E-state index contributed by atoms with van der Waals surface area (Å²) in [5, 5.41) is 2.75. The van der Waals surface area contributed by atoms with Crippen LogP contribution < -0.4 is 10.0 Å². The number of rotatable bonds is 3. The molecule has 1 aliphatic heterocycles. The Morgan fingerprint density at radius 3 is 2.88 bits per heavy atom. The van der Waals surface area contributed by atoms with Gasteiger partial charge in [0.2, 0.25) is 10.0 Å². The summed E-state index contributed by atoms with van der Waals surface area (Å²) >= 11 is 0. The fourth-order valence-electron chi connectivity index (χ4n) is 1.86. The molecule has 1 aromatic heterocycles. The first-order chi connectivity index (χ1) is 8.08. The van der Waals surface area contributed by atoms with E-state index in [9.17, 15) is 8.42 Å². The molecule has 2 heterocycles. The fraction of sp³-hybridized carbons (Fsp3) is 0.545. The minimum atomic E-state index is -3.30. The third kappa shape index (κ3) is 3.17. The Bertz CT molecular complexity index is 464. The predicted octanol–water partition coefficient (Wildman–Crippen LogP) is 0.884. The van der Waals surface area contributed by atoms with Gasteiger partial charge in [0.15, 0.2) is 0 Å². The SMILES string of the molecule is Cc1ccc(NS(=O)(=O)C2CCCNC2)cn1. The molecule has 1 atom stereocenters. The van der Waals surface area contributed by atoms with Crippen molar-refractivity contribution in [3.8, 4) is 0 Å². The highest BCUT2D eigenvalue weighted by atomic mass is 32.2. The maximum Gasteiger partial charge on any atom is 0.236 e. The molecule has 0 radical (unpaired) electrons. The Kier molecular flexibility index (Phi) is 3.63. The summed E-state index contributed by atoms with van der Waals surface area (Å²) < 4.78 is 26.7. The Hall–Kier alpha value is -1.14. The van der Waals surface area contributed by atoms with Crippen molar-refractivity contribution in [2.75, 3.05) is 17.8 Å². The van der Waals surface area contributed by atoms with Gasteiger partial charge in [-0.1, -0.05) is 0 Å². The predicted molar refractivity (Wildman–Crippen MR) is 67.4 cm³/mol. The molecule has 1 aliphatic rings. The molecule has 1 saturated heterocycles. The Labute approximate surface area is 102 Å². The van der Waals surface area contributed by atoms with Crippen molar-refractivity contribution in [1.29, 1.82) is 0 Å². The fourth-order valence-corrected chi connectivity index (χ4v) is 3.29. The summed E-state index contributed by atoms with van der Waals surface area (Å²) in [5.74, 6) is 0. The minimum absolute atomic E-state index is 0.349. The highest BCUT2D eigenvalue weighted by Crippen LogP contribution is 2.15. The van der Waals surface area contributed by atoms with Crippen LogP contribution in [0, 0.1) is 6.92 Å². The number of nitrogens with zero attached hydrogens (tertiary/aromatic N) is 1. The van der Waals surface area contributed by atoms with Crippen molar-refractivity contribution in [1.82, 2.24) is 10.3 Å². The van der Waals surface area contributed by atoms with Crippen LogP contribution in [0.5, 0.6) is 0 Å². The van der Waals surface area contributed by atoms with E-state index in [2.05, 4.69) is 15.0 Å². The van der Waals surface area contributed by atoms with Gasteiger partial charge in [-0.15, -0.1) is 0 Å². The van der Waals surface area contributed by atoms with E-state index in [0.29, 0.717) is 18.7 Å². The van der Waals surface area contributed by atoms with Gasteiger partial charge in [0.1, 0.15) is 0 Å². The Balaban J connectivity index is 2.08. The van der Waals surface area contributed by atoms with Gasteiger partial charge < -0.3 is 5.32 Å². The van der Waals surface area contributed by atoms with Crippen LogP contribution in [0.25, 0.3) is 0 Å². The molecule has 0 aliphatic carbocycles. The molecule has 1 unspecified atom stereocenters. The van der Waals surface area contributed by atoms with Gasteiger partial charge in [-0.3, -0.25) is 9.71 Å². The summed E-state index contributed by atoms with van der Waals surface area (Å²) in [7, 11) is -3.30. The van der Waals surface area contributed by atoms with Gasteiger partial charge in [-0.2, -0.15) is 0 Å². The van der Waals surface area contributed by atoms with Crippen LogP contribution >= 0.6 is 0 Å². The molecule has 6 heteroatoms. The van der Waals surface area contributed by atoms with Crippen molar-refractivity contribution in [3.05, 3.63) is 24.0 Å². The summed E-state index contributed by atoms with van der Waals surface area (Å²) in [6.45, 7) is 3.29. The molecule has 0 spiro atoms.